The Balaban J connectivity index is 2.60. The Labute approximate surface area is 268 Å². The molecular weight excluding hydrogens is 598 g/mol. The van der Waals surface area contributed by atoms with Gasteiger partial charge in [0.1, 0.15) is 6.04 Å². The van der Waals surface area contributed by atoms with Crippen molar-refractivity contribution in [1.82, 2.24) is 21.1 Å². The Bertz CT molecular complexity index is 1370. The Morgan fingerprint density at radius 1 is 0.870 bits per heavy atom. The second kappa shape index (κ2) is 17.0. The second-order valence-corrected chi connectivity index (χ2v) is 11.4. The van der Waals surface area contributed by atoms with Crippen LogP contribution in [0.4, 0.5) is 9.59 Å². The summed E-state index contributed by atoms with van der Waals surface area (Å²) in [5.74, 6) is -4.32. The standard InChI is InChI=1S/C32H45N5O9/c1-17(2)27(34-31(43)45-6)29(41)25(26(33)20-11-9-8-10-12-20)24(40)16-37(19(5)21-13-14-22(38)23(39)15-21)36-30(42)28(18(3)4)35-32(44)46-7/h8-15,17-18,24-28,38-40H,5,16,33H2,1-4,6-7H3,(H,34,43)(H,35,44)(H,36,42)/t24-,25?,26?,27-,28-/m0/s1. The molecule has 2 unspecified atom stereocenters. The van der Waals surface area contributed by atoms with Crippen LogP contribution in [0.15, 0.2) is 55.1 Å². The minimum Gasteiger partial charge on any atom is -0.504 e. The van der Waals surface area contributed by atoms with Crippen molar-refractivity contribution in [3.8, 4) is 11.5 Å². The topological polar surface area (TPSA) is 213 Å². The molecule has 2 aromatic carbocycles. The van der Waals surface area contributed by atoms with Gasteiger partial charge >= 0.3 is 12.2 Å². The summed E-state index contributed by atoms with van der Waals surface area (Å²) in [7, 11) is 2.31. The number of nitrogens with two attached hydrogens (primary N) is 1. The fourth-order valence-corrected chi connectivity index (χ4v) is 4.75. The minimum atomic E-state index is -1.59. The number of alkyl carbamates (subject to hydrolysis) is 2. The summed E-state index contributed by atoms with van der Waals surface area (Å²) in [5, 5.41) is 37.9. The van der Waals surface area contributed by atoms with Crippen molar-refractivity contribution in [2.75, 3.05) is 20.8 Å². The third-order valence-corrected chi connectivity index (χ3v) is 7.40. The predicted molar refractivity (Wildman–Crippen MR) is 170 cm³/mol. The number of carbonyl (C=O) groups is 4. The number of amides is 3. The highest BCUT2D eigenvalue weighted by atomic mass is 16.5. The largest absolute Gasteiger partial charge is 0.504 e. The molecule has 0 spiro atoms. The van der Waals surface area contributed by atoms with E-state index in [0.29, 0.717) is 5.56 Å². The highest BCUT2D eigenvalue weighted by molar-refractivity contribution is 5.91. The molecule has 46 heavy (non-hydrogen) atoms. The van der Waals surface area contributed by atoms with Crippen LogP contribution in [0, 0.1) is 17.8 Å². The molecule has 2 rings (SSSR count). The summed E-state index contributed by atoms with van der Waals surface area (Å²) in [6, 6.07) is 9.18. The van der Waals surface area contributed by atoms with Gasteiger partial charge in [-0.1, -0.05) is 64.6 Å². The average Bonchev–Trinajstić information content (AvgIpc) is 3.02. The molecule has 0 aliphatic carbocycles. The van der Waals surface area contributed by atoms with Crippen molar-refractivity contribution in [3.05, 3.63) is 66.2 Å². The first kappa shape index (κ1) is 37.4. The number of hydrazine groups is 1. The van der Waals surface area contributed by atoms with Crippen LogP contribution in [0.1, 0.15) is 44.9 Å². The van der Waals surface area contributed by atoms with Crippen LogP contribution in [0.25, 0.3) is 5.70 Å². The third-order valence-electron chi connectivity index (χ3n) is 7.40. The Morgan fingerprint density at radius 3 is 1.91 bits per heavy atom. The number of phenolic OH excluding ortho intramolecular Hbond substituents is 2. The van der Waals surface area contributed by atoms with E-state index in [2.05, 4.69) is 27.4 Å². The zero-order chi connectivity index (χ0) is 34.7. The summed E-state index contributed by atoms with van der Waals surface area (Å²) in [6.45, 7) is 10.4. The van der Waals surface area contributed by atoms with Crippen molar-refractivity contribution in [2.45, 2.75) is 51.9 Å². The molecule has 2 aromatic rings. The number of phenols is 2. The summed E-state index contributed by atoms with van der Waals surface area (Å²) in [6.07, 6.45) is -3.28. The molecule has 0 radical (unpaired) electrons. The lowest BCUT2D eigenvalue weighted by Gasteiger charge is -2.36. The minimum absolute atomic E-state index is 0.0517. The summed E-state index contributed by atoms with van der Waals surface area (Å²) in [4.78, 5) is 51.8. The predicted octanol–water partition coefficient (Wildman–Crippen LogP) is 2.41. The van der Waals surface area contributed by atoms with Crippen LogP contribution in [0.3, 0.4) is 0 Å². The number of nitrogens with zero attached hydrogens (tertiary/aromatic N) is 1. The number of hydrogen-bond acceptors (Lipinski definition) is 11. The second-order valence-electron chi connectivity index (χ2n) is 11.4. The first-order chi connectivity index (χ1) is 21.6. The van der Waals surface area contributed by atoms with Crippen molar-refractivity contribution >= 4 is 29.6 Å². The van der Waals surface area contributed by atoms with Gasteiger partial charge in [-0.15, -0.1) is 0 Å². The molecule has 0 heterocycles. The SMILES string of the molecule is C=C(c1ccc(O)c(O)c1)N(C[C@H](O)C(C(=O)[C@@H](NC(=O)OC)C(C)C)C(N)c1ccccc1)NC(=O)[C@@H](NC(=O)OC)C(C)C. The van der Waals surface area contributed by atoms with E-state index in [1.807, 2.05) is 0 Å². The van der Waals surface area contributed by atoms with Gasteiger partial charge in [0.2, 0.25) is 0 Å². The molecule has 0 saturated heterocycles. The third kappa shape index (κ3) is 9.84. The van der Waals surface area contributed by atoms with Crippen molar-refractivity contribution in [2.24, 2.45) is 23.5 Å². The fourth-order valence-electron chi connectivity index (χ4n) is 4.75. The molecule has 14 nitrogen and oxygen atoms in total. The van der Waals surface area contributed by atoms with E-state index in [-0.39, 0.29) is 11.3 Å². The van der Waals surface area contributed by atoms with Crippen LogP contribution in [0.5, 0.6) is 11.5 Å². The lowest BCUT2D eigenvalue weighted by Crippen LogP contribution is -2.57. The molecule has 0 aliphatic heterocycles. The molecule has 0 aromatic heterocycles. The molecule has 252 valence electrons. The maximum absolute atomic E-state index is 14.1. The number of aliphatic hydroxyl groups is 1. The lowest BCUT2D eigenvalue weighted by atomic mass is 9.80. The zero-order valence-corrected chi connectivity index (χ0v) is 26.9. The first-order valence-electron chi connectivity index (χ1n) is 14.6. The number of ketones is 1. The van der Waals surface area contributed by atoms with Crippen LogP contribution < -0.4 is 21.8 Å². The number of nitrogens with one attached hydrogen (secondary N) is 3. The number of Topliss-reactive ketones (excluding diaryl/α,β-unsaturated/α-hetero) is 1. The molecule has 8 N–H and O–H groups in total. The van der Waals surface area contributed by atoms with Gasteiger partial charge in [-0.2, -0.15) is 0 Å². The molecular formula is C32H45N5O9. The highest BCUT2D eigenvalue weighted by Gasteiger charge is 2.40. The van der Waals surface area contributed by atoms with Crippen LogP contribution >= 0.6 is 0 Å². The van der Waals surface area contributed by atoms with Gasteiger partial charge in [0.15, 0.2) is 17.3 Å². The lowest BCUT2D eigenvalue weighted by molar-refractivity contribution is -0.131. The first-order valence-corrected chi connectivity index (χ1v) is 14.6. The summed E-state index contributed by atoms with van der Waals surface area (Å²) in [5.41, 5.74) is 10.1. The number of hydrogen-bond donors (Lipinski definition) is 7. The summed E-state index contributed by atoms with van der Waals surface area (Å²) >= 11 is 0. The van der Waals surface area contributed by atoms with E-state index in [9.17, 15) is 34.5 Å². The van der Waals surface area contributed by atoms with E-state index in [1.54, 1.807) is 58.0 Å². The molecule has 5 atom stereocenters. The van der Waals surface area contributed by atoms with Gasteiger partial charge in [-0.3, -0.25) is 20.0 Å². The maximum Gasteiger partial charge on any atom is 0.407 e. The Morgan fingerprint density at radius 2 is 1.41 bits per heavy atom. The molecule has 3 amide bonds. The van der Waals surface area contributed by atoms with Crippen LogP contribution in [-0.4, -0.2) is 83.2 Å². The number of ether oxygens (including phenoxy) is 2. The van der Waals surface area contributed by atoms with Crippen molar-refractivity contribution in [1.29, 1.82) is 0 Å². The maximum atomic E-state index is 14.1. The van der Waals surface area contributed by atoms with E-state index in [1.165, 1.54) is 18.2 Å². The van der Waals surface area contributed by atoms with Crippen LogP contribution in [-0.2, 0) is 19.1 Å². The normalized spacial score (nSPS) is 14.3. The number of carbonyl (C=O) groups excluding carboxylic acids is 4. The zero-order valence-electron chi connectivity index (χ0n) is 26.9. The van der Waals surface area contributed by atoms with E-state index >= 15 is 0 Å². The summed E-state index contributed by atoms with van der Waals surface area (Å²) < 4.78 is 9.36. The Kier molecular flexibility index (Phi) is 13.8. The van der Waals surface area contributed by atoms with E-state index < -0.39 is 83.9 Å². The highest BCUT2D eigenvalue weighted by Crippen LogP contribution is 2.31. The molecule has 14 heteroatoms. The number of rotatable bonds is 15. The van der Waals surface area contributed by atoms with Gasteiger partial charge in [0.25, 0.3) is 5.91 Å². The van der Waals surface area contributed by atoms with E-state index in [4.69, 9.17) is 10.5 Å². The van der Waals surface area contributed by atoms with Crippen LogP contribution in [0.2, 0.25) is 0 Å². The van der Waals surface area contributed by atoms with Gasteiger partial charge < -0.3 is 41.2 Å². The Hall–Kier alpha value is -4.82. The number of benzene rings is 2. The van der Waals surface area contributed by atoms with Gasteiger partial charge in [0, 0.05) is 11.6 Å². The molecule has 0 saturated carbocycles. The smallest absolute Gasteiger partial charge is 0.407 e. The van der Waals surface area contributed by atoms with E-state index in [0.717, 1.165) is 19.2 Å². The number of methoxy groups -OCH3 is 2. The van der Waals surface area contributed by atoms with Crippen molar-refractivity contribution < 1.29 is 44.0 Å². The number of aromatic hydroxyl groups is 2. The molecule has 0 fully saturated rings. The quantitative estimate of drug-likeness (QED) is 0.111. The van der Waals surface area contributed by atoms with Gasteiger partial charge in [-0.25, -0.2) is 9.59 Å². The number of aliphatic hydroxyl groups excluding tert-OH is 1. The molecule has 0 bridgehead atoms. The average molecular weight is 644 g/mol. The monoisotopic (exact) mass is 643 g/mol. The molecule has 0 aliphatic rings. The van der Waals surface area contributed by atoms with Gasteiger partial charge in [-0.05, 0) is 35.6 Å². The van der Waals surface area contributed by atoms with Crippen molar-refractivity contribution in [3.63, 3.8) is 0 Å². The fraction of sp³-hybridized carbons (Fsp3) is 0.438. The van der Waals surface area contributed by atoms with Gasteiger partial charge in [0.05, 0.1) is 44.5 Å².